The van der Waals surface area contributed by atoms with Crippen LogP contribution >= 0.6 is 34.2 Å². The van der Waals surface area contributed by atoms with Gasteiger partial charge in [-0.05, 0) is 64.0 Å². The van der Waals surface area contributed by atoms with Crippen molar-refractivity contribution in [1.29, 1.82) is 0 Å². The number of hydrogen-bond donors (Lipinski definition) is 0. The normalized spacial score (nSPS) is 11.6. The van der Waals surface area contributed by atoms with Crippen molar-refractivity contribution in [2.24, 2.45) is 0 Å². The van der Waals surface area contributed by atoms with E-state index in [-0.39, 0.29) is 0 Å². The number of halogens is 5. The summed E-state index contributed by atoms with van der Waals surface area (Å²) in [5.41, 5.74) is 0.629. The molecule has 5 heteroatoms. The molecular weight excluding hydrogens is 375 g/mol. The predicted octanol–water partition coefficient (Wildman–Crippen LogP) is 5.63. The summed E-state index contributed by atoms with van der Waals surface area (Å²) in [5.74, 6) is 0. The van der Waals surface area contributed by atoms with E-state index in [9.17, 15) is 13.2 Å². The summed E-state index contributed by atoms with van der Waals surface area (Å²) in [6.07, 6.45) is -4.33. The molecule has 0 aliphatic rings. The van der Waals surface area contributed by atoms with Crippen LogP contribution in [0.4, 0.5) is 13.2 Å². The maximum atomic E-state index is 12.7. The van der Waals surface area contributed by atoms with E-state index >= 15 is 0 Å². The molecular formula is C13H7ClF3I. The highest BCUT2D eigenvalue weighted by atomic mass is 127. The Morgan fingerprint density at radius 2 is 1.56 bits per heavy atom. The van der Waals surface area contributed by atoms with Gasteiger partial charge in [0, 0.05) is 8.59 Å². The molecule has 0 bridgehead atoms. The highest BCUT2D eigenvalue weighted by molar-refractivity contribution is 14.1. The molecule has 2 rings (SSSR count). The van der Waals surface area contributed by atoms with Crippen LogP contribution in [0.5, 0.6) is 0 Å². The van der Waals surface area contributed by atoms with Crippen LogP contribution in [-0.4, -0.2) is 0 Å². The second-order valence-corrected chi connectivity index (χ2v) is 5.30. The quantitative estimate of drug-likeness (QED) is 0.561. The minimum atomic E-state index is -4.33. The zero-order valence-corrected chi connectivity index (χ0v) is 11.8. The molecule has 0 unspecified atom stereocenters. The molecule has 0 amide bonds. The van der Waals surface area contributed by atoms with E-state index in [0.717, 1.165) is 21.3 Å². The van der Waals surface area contributed by atoms with Crippen molar-refractivity contribution in [3.8, 4) is 11.1 Å². The van der Waals surface area contributed by atoms with Crippen molar-refractivity contribution in [1.82, 2.24) is 0 Å². The van der Waals surface area contributed by atoms with Crippen molar-refractivity contribution in [3.05, 3.63) is 56.6 Å². The fourth-order valence-electron chi connectivity index (χ4n) is 1.55. The Labute approximate surface area is 121 Å². The Morgan fingerprint density at radius 1 is 0.944 bits per heavy atom. The lowest BCUT2D eigenvalue weighted by atomic mass is 10.0. The second kappa shape index (κ2) is 5.09. The molecule has 18 heavy (non-hydrogen) atoms. The zero-order chi connectivity index (χ0) is 13.3. The monoisotopic (exact) mass is 382 g/mol. The summed E-state index contributed by atoms with van der Waals surface area (Å²) in [6.45, 7) is 0. The van der Waals surface area contributed by atoms with Gasteiger partial charge in [-0.25, -0.2) is 0 Å². The van der Waals surface area contributed by atoms with Crippen LogP contribution in [0.15, 0.2) is 42.5 Å². The molecule has 0 saturated carbocycles. The topological polar surface area (TPSA) is 0 Å². The van der Waals surface area contributed by atoms with Gasteiger partial charge in [-0.3, -0.25) is 0 Å². The molecule has 0 aromatic heterocycles. The zero-order valence-electron chi connectivity index (χ0n) is 8.93. The Hall–Kier alpha value is -0.750. The van der Waals surface area contributed by atoms with Gasteiger partial charge in [0.1, 0.15) is 0 Å². The third-order valence-electron chi connectivity index (χ3n) is 2.45. The van der Waals surface area contributed by atoms with Gasteiger partial charge in [0.2, 0.25) is 0 Å². The Bertz CT molecular complexity index is 561. The first-order valence-electron chi connectivity index (χ1n) is 5.00. The van der Waals surface area contributed by atoms with Crippen molar-refractivity contribution in [2.45, 2.75) is 6.18 Å². The van der Waals surface area contributed by atoms with Gasteiger partial charge < -0.3 is 0 Å². The number of hydrogen-bond acceptors (Lipinski definition) is 0. The molecule has 0 aliphatic heterocycles. The first kappa shape index (κ1) is 13.7. The SMILES string of the molecule is FC(F)(F)c1ccc(I)c(-c2ccc(Cl)cc2)c1. The highest BCUT2D eigenvalue weighted by Gasteiger charge is 2.30. The summed E-state index contributed by atoms with van der Waals surface area (Å²) in [4.78, 5) is 0. The smallest absolute Gasteiger partial charge is 0.166 e. The number of rotatable bonds is 1. The largest absolute Gasteiger partial charge is 0.416 e. The van der Waals surface area contributed by atoms with E-state index < -0.39 is 11.7 Å². The van der Waals surface area contributed by atoms with E-state index in [1.807, 2.05) is 22.6 Å². The van der Waals surface area contributed by atoms with Crippen LogP contribution in [0.1, 0.15) is 5.56 Å². The van der Waals surface area contributed by atoms with E-state index in [1.54, 1.807) is 24.3 Å². The van der Waals surface area contributed by atoms with Gasteiger partial charge in [0.15, 0.2) is 0 Å². The molecule has 0 atom stereocenters. The first-order valence-corrected chi connectivity index (χ1v) is 6.46. The Kier molecular flexibility index (Phi) is 3.87. The molecule has 0 radical (unpaired) electrons. The van der Waals surface area contributed by atoms with Crippen LogP contribution in [0.3, 0.4) is 0 Å². The van der Waals surface area contributed by atoms with E-state index in [1.165, 1.54) is 6.07 Å². The Morgan fingerprint density at radius 3 is 2.11 bits per heavy atom. The fraction of sp³-hybridized carbons (Fsp3) is 0.0769. The fourth-order valence-corrected chi connectivity index (χ4v) is 2.33. The Balaban J connectivity index is 2.53. The summed E-state index contributed by atoms with van der Waals surface area (Å²) in [7, 11) is 0. The molecule has 2 aromatic carbocycles. The lowest BCUT2D eigenvalue weighted by molar-refractivity contribution is -0.137. The molecule has 0 saturated heterocycles. The minimum Gasteiger partial charge on any atom is -0.166 e. The van der Waals surface area contributed by atoms with Gasteiger partial charge in [0.05, 0.1) is 5.56 Å². The minimum absolute atomic E-state index is 0.556. The standard InChI is InChI=1S/C13H7ClF3I/c14-10-4-1-8(2-5-10)11-7-9(13(15,16)17)3-6-12(11)18/h1-7H. The third-order valence-corrected chi connectivity index (χ3v) is 3.64. The molecule has 94 valence electrons. The average molecular weight is 383 g/mol. The van der Waals surface area contributed by atoms with Crippen LogP contribution in [0, 0.1) is 3.57 Å². The van der Waals surface area contributed by atoms with Crippen LogP contribution in [0.2, 0.25) is 5.02 Å². The second-order valence-electron chi connectivity index (χ2n) is 3.70. The third kappa shape index (κ3) is 2.98. The predicted molar refractivity (Wildman–Crippen MR) is 74.6 cm³/mol. The van der Waals surface area contributed by atoms with Crippen LogP contribution in [-0.2, 0) is 6.18 Å². The molecule has 2 aromatic rings. The van der Waals surface area contributed by atoms with E-state index in [0.29, 0.717) is 10.6 Å². The summed E-state index contributed by atoms with van der Waals surface area (Å²) < 4.78 is 38.7. The van der Waals surface area contributed by atoms with Gasteiger partial charge in [-0.15, -0.1) is 0 Å². The average Bonchev–Trinajstić information content (AvgIpc) is 2.29. The number of benzene rings is 2. The maximum absolute atomic E-state index is 12.7. The van der Waals surface area contributed by atoms with Gasteiger partial charge in [-0.2, -0.15) is 13.2 Å². The van der Waals surface area contributed by atoms with Gasteiger partial charge in [-0.1, -0.05) is 23.7 Å². The molecule has 0 fully saturated rings. The van der Waals surface area contributed by atoms with Crippen LogP contribution in [0.25, 0.3) is 11.1 Å². The summed E-state index contributed by atoms with van der Waals surface area (Å²) in [6, 6.07) is 10.4. The summed E-state index contributed by atoms with van der Waals surface area (Å²) in [5, 5.41) is 0.556. The maximum Gasteiger partial charge on any atom is 0.416 e. The van der Waals surface area contributed by atoms with Gasteiger partial charge >= 0.3 is 6.18 Å². The molecule has 0 N–H and O–H groups in total. The number of alkyl halides is 3. The summed E-state index contributed by atoms with van der Waals surface area (Å²) >= 11 is 7.78. The van der Waals surface area contributed by atoms with Crippen molar-refractivity contribution < 1.29 is 13.2 Å². The lowest BCUT2D eigenvalue weighted by Crippen LogP contribution is -2.05. The van der Waals surface area contributed by atoms with Crippen LogP contribution < -0.4 is 0 Å². The molecule has 0 heterocycles. The molecule has 0 aliphatic carbocycles. The van der Waals surface area contributed by atoms with Crippen molar-refractivity contribution in [3.63, 3.8) is 0 Å². The van der Waals surface area contributed by atoms with E-state index in [4.69, 9.17) is 11.6 Å². The van der Waals surface area contributed by atoms with Crippen molar-refractivity contribution >= 4 is 34.2 Å². The first-order chi connectivity index (χ1) is 8.38. The molecule has 0 nitrogen and oxygen atoms in total. The molecule has 0 spiro atoms. The van der Waals surface area contributed by atoms with Crippen molar-refractivity contribution in [2.75, 3.05) is 0 Å². The lowest BCUT2D eigenvalue weighted by Gasteiger charge is -2.11. The van der Waals surface area contributed by atoms with Gasteiger partial charge in [0.25, 0.3) is 0 Å². The van der Waals surface area contributed by atoms with E-state index in [2.05, 4.69) is 0 Å². The highest BCUT2D eigenvalue weighted by Crippen LogP contribution is 2.34.